The van der Waals surface area contributed by atoms with Gasteiger partial charge in [-0.25, -0.2) is 0 Å². The number of allylic oxidation sites excluding steroid dienone is 2. The molecule has 0 aliphatic rings. The number of hydrogen-bond donors (Lipinski definition) is 0. The average molecular weight is 303 g/mol. The maximum absolute atomic E-state index is 11.8. The van der Waals surface area contributed by atoms with Gasteiger partial charge in [0, 0.05) is 6.42 Å². The van der Waals surface area contributed by atoms with E-state index >= 15 is 0 Å². The molecule has 1 atom stereocenters. The van der Waals surface area contributed by atoms with Gasteiger partial charge in [-0.3, -0.25) is 4.79 Å². The van der Waals surface area contributed by atoms with Crippen LogP contribution in [-0.2, 0) is 11.2 Å². The molecule has 0 saturated carbocycles. The number of aryl methyl sites for hydroxylation is 2. The van der Waals surface area contributed by atoms with Crippen LogP contribution in [0.4, 0.5) is 0 Å². The average Bonchev–Trinajstić information content (AvgIpc) is 2.52. The van der Waals surface area contributed by atoms with Crippen LogP contribution in [0.1, 0.15) is 70.6 Å². The predicted molar refractivity (Wildman–Crippen MR) is 98.4 cm³/mol. The molecule has 1 aromatic rings. The Kier molecular flexibility index (Phi) is 10.5. The Labute approximate surface area is 137 Å². The monoisotopic (exact) mass is 302 g/mol. The molecule has 0 heterocycles. The number of rotatable bonds is 7. The molecular formula is C21H34O. The molecule has 0 saturated heterocycles. The van der Waals surface area contributed by atoms with Gasteiger partial charge in [-0.15, -0.1) is 0 Å². The minimum absolute atomic E-state index is 0.242. The van der Waals surface area contributed by atoms with Gasteiger partial charge in [0.1, 0.15) is 0 Å². The first-order valence-electron chi connectivity index (χ1n) is 8.77. The van der Waals surface area contributed by atoms with Crippen LogP contribution in [-0.4, -0.2) is 5.78 Å². The highest BCUT2D eigenvalue weighted by molar-refractivity contribution is 5.90. The van der Waals surface area contributed by atoms with Crippen LogP contribution < -0.4 is 0 Å². The molecule has 22 heavy (non-hydrogen) atoms. The van der Waals surface area contributed by atoms with E-state index in [2.05, 4.69) is 45.9 Å². The Morgan fingerprint density at radius 2 is 1.77 bits per heavy atom. The van der Waals surface area contributed by atoms with Gasteiger partial charge in [0.05, 0.1) is 0 Å². The fourth-order valence-electron chi connectivity index (χ4n) is 2.44. The number of benzene rings is 1. The lowest BCUT2D eigenvalue weighted by atomic mass is 9.89. The molecule has 1 unspecified atom stereocenters. The van der Waals surface area contributed by atoms with Gasteiger partial charge in [-0.1, -0.05) is 64.8 Å². The summed E-state index contributed by atoms with van der Waals surface area (Å²) >= 11 is 0. The maximum Gasteiger partial charge on any atom is 0.155 e. The Hall–Kier alpha value is -1.37. The number of carbonyl (C=O) groups excluding carboxylic acids is 1. The Morgan fingerprint density at radius 3 is 2.27 bits per heavy atom. The van der Waals surface area contributed by atoms with Crippen LogP contribution in [0.5, 0.6) is 0 Å². The summed E-state index contributed by atoms with van der Waals surface area (Å²) in [6.45, 7) is 14.6. The molecular weight excluding hydrogens is 268 g/mol. The van der Waals surface area contributed by atoms with Gasteiger partial charge in [-0.05, 0) is 55.4 Å². The van der Waals surface area contributed by atoms with Gasteiger partial charge in [0.2, 0.25) is 0 Å². The lowest BCUT2D eigenvalue weighted by Gasteiger charge is -2.16. The van der Waals surface area contributed by atoms with E-state index in [1.165, 1.54) is 22.3 Å². The van der Waals surface area contributed by atoms with E-state index in [1.54, 1.807) is 0 Å². The van der Waals surface area contributed by atoms with Crippen LogP contribution in [0.25, 0.3) is 0 Å². The summed E-state index contributed by atoms with van der Waals surface area (Å²) in [5.74, 6) is 0.726. The summed E-state index contributed by atoms with van der Waals surface area (Å²) in [6, 6.07) is 6.61. The van der Waals surface area contributed by atoms with E-state index in [1.807, 2.05) is 26.8 Å². The fraction of sp³-hybridized carbons (Fsp3) is 0.571. The topological polar surface area (TPSA) is 17.1 Å². The zero-order valence-corrected chi connectivity index (χ0v) is 15.6. The molecule has 0 aliphatic carbocycles. The van der Waals surface area contributed by atoms with Crippen molar-refractivity contribution < 1.29 is 4.79 Å². The summed E-state index contributed by atoms with van der Waals surface area (Å²) in [6.07, 6.45) is 5.68. The van der Waals surface area contributed by atoms with Crippen LogP contribution in [0, 0.1) is 19.8 Å². The van der Waals surface area contributed by atoms with Gasteiger partial charge in [-0.2, -0.15) is 0 Å². The van der Waals surface area contributed by atoms with E-state index in [-0.39, 0.29) is 5.78 Å². The van der Waals surface area contributed by atoms with Crippen molar-refractivity contribution in [2.45, 2.75) is 74.1 Å². The molecule has 0 aromatic heterocycles. The van der Waals surface area contributed by atoms with Crippen molar-refractivity contribution in [2.75, 3.05) is 0 Å². The summed E-state index contributed by atoms with van der Waals surface area (Å²) < 4.78 is 0. The first kappa shape index (κ1) is 20.6. The molecule has 1 heteroatoms. The van der Waals surface area contributed by atoms with Gasteiger partial charge in [0.15, 0.2) is 5.78 Å². The molecule has 1 rings (SSSR count). The first-order valence-corrected chi connectivity index (χ1v) is 8.77. The highest BCUT2D eigenvalue weighted by Crippen LogP contribution is 2.22. The smallest absolute Gasteiger partial charge is 0.155 e. The van der Waals surface area contributed by atoms with Crippen LogP contribution in [0.3, 0.4) is 0 Å². The van der Waals surface area contributed by atoms with Crippen molar-refractivity contribution in [1.29, 1.82) is 0 Å². The Morgan fingerprint density at radius 1 is 1.14 bits per heavy atom. The molecule has 0 spiro atoms. The molecule has 0 aliphatic heterocycles. The van der Waals surface area contributed by atoms with Crippen LogP contribution >= 0.6 is 0 Å². The van der Waals surface area contributed by atoms with Crippen molar-refractivity contribution in [1.82, 2.24) is 0 Å². The van der Waals surface area contributed by atoms with Crippen molar-refractivity contribution >= 4 is 5.78 Å². The van der Waals surface area contributed by atoms with E-state index in [0.717, 1.165) is 19.3 Å². The summed E-state index contributed by atoms with van der Waals surface area (Å²) in [4.78, 5) is 11.8. The van der Waals surface area contributed by atoms with Crippen molar-refractivity contribution in [3.63, 3.8) is 0 Å². The van der Waals surface area contributed by atoms with Gasteiger partial charge >= 0.3 is 0 Å². The number of carbonyl (C=O) groups is 1. The Balaban J connectivity index is 0.00000211. The molecule has 1 aromatic carbocycles. The summed E-state index contributed by atoms with van der Waals surface area (Å²) in [5.41, 5.74) is 5.24. The molecule has 0 amide bonds. The largest absolute Gasteiger partial charge is 0.295 e. The molecule has 124 valence electrons. The SMILES string of the molecule is CC.CCCC(C)/C(=C\C(=O)CC)Cc1ccc(C)c(C)c1. The van der Waals surface area contributed by atoms with E-state index < -0.39 is 0 Å². The zero-order chi connectivity index (χ0) is 17.1. The minimum atomic E-state index is 0.242. The normalized spacial score (nSPS) is 12.4. The second-order valence-electron chi connectivity index (χ2n) is 5.82. The van der Waals surface area contributed by atoms with Gasteiger partial charge < -0.3 is 0 Å². The maximum atomic E-state index is 11.8. The van der Waals surface area contributed by atoms with Crippen LogP contribution in [0.15, 0.2) is 29.8 Å². The van der Waals surface area contributed by atoms with Crippen molar-refractivity contribution in [2.24, 2.45) is 5.92 Å². The van der Waals surface area contributed by atoms with Crippen LogP contribution in [0.2, 0.25) is 0 Å². The zero-order valence-electron chi connectivity index (χ0n) is 15.6. The second kappa shape index (κ2) is 11.2. The third kappa shape index (κ3) is 7.06. The van der Waals surface area contributed by atoms with E-state index in [0.29, 0.717) is 12.3 Å². The molecule has 0 fully saturated rings. The lowest BCUT2D eigenvalue weighted by Crippen LogP contribution is -2.06. The minimum Gasteiger partial charge on any atom is -0.295 e. The predicted octanol–water partition coefficient (Wildman–Crippen LogP) is 6.21. The van der Waals surface area contributed by atoms with E-state index in [4.69, 9.17) is 0 Å². The summed E-state index contributed by atoms with van der Waals surface area (Å²) in [5, 5.41) is 0. The van der Waals surface area contributed by atoms with Crippen molar-refractivity contribution in [3.05, 3.63) is 46.5 Å². The molecule has 1 nitrogen and oxygen atoms in total. The highest BCUT2D eigenvalue weighted by atomic mass is 16.1. The standard InChI is InChI=1S/C19H28O.C2H6/c1-6-8-15(4)18(13-19(20)7-2)12-17-10-9-14(3)16(5)11-17;1-2/h9-11,13,15H,6-8,12H2,1-5H3;1-2H3/b18-13-;. The quantitative estimate of drug-likeness (QED) is 0.547. The van der Waals surface area contributed by atoms with E-state index in [9.17, 15) is 4.79 Å². The second-order valence-corrected chi connectivity index (χ2v) is 5.82. The lowest BCUT2D eigenvalue weighted by molar-refractivity contribution is -0.114. The number of hydrogen-bond acceptors (Lipinski definition) is 1. The molecule has 0 radical (unpaired) electrons. The Bertz CT molecular complexity index is 483. The third-order valence-corrected chi connectivity index (χ3v) is 4.03. The highest BCUT2D eigenvalue weighted by Gasteiger charge is 2.11. The molecule has 0 N–H and O–H groups in total. The third-order valence-electron chi connectivity index (χ3n) is 4.03. The number of ketones is 1. The first-order chi connectivity index (χ1) is 10.5. The fourth-order valence-corrected chi connectivity index (χ4v) is 2.44. The molecule has 0 bridgehead atoms. The van der Waals surface area contributed by atoms with Gasteiger partial charge in [0.25, 0.3) is 0 Å². The van der Waals surface area contributed by atoms with Crippen molar-refractivity contribution in [3.8, 4) is 0 Å². The summed E-state index contributed by atoms with van der Waals surface area (Å²) in [7, 11) is 0.